The second-order valence-corrected chi connectivity index (χ2v) is 8.08. The Kier molecular flexibility index (Phi) is 6.00. The molecule has 0 bridgehead atoms. The molecule has 1 aromatic heterocycles. The molecule has 0 spiro atoms. The van der Waals surface area contributed by atoms with Gasteiger partial charge in [-0.15, -0.1) is 0 Å². The van der Waals surface area contributed by atoms with Gasteiger partial charge < -0.3 is 4.90 Å². The maximum atomic E-state index is 13.0. The van der Waals surface area contributed by atoms with E-state index in [1.807, 2.05) is 36.4 Å². The Morgan fingerprint density at radius 1 is 1.16 bits per heavy atom. The number of likely N-dealkylation sites (tertiary alicyclic amines) is 1. The Labute approximate surface area is 182 Å². The van der Waals surface area contributed by atoms with Crippen LogP contribution in [0, 0.1) is 17.2 Å². The lowest BCUT2D eigenvalue weighted by Gasteiger charge is -2.18. The lowest BCUT2D eigenvalue weighted by Crippen LogP contribution is -2.39. The summed E-state index contributed by atoms with van der Waals surface area (Å²) in [7, 11) is 0. The molecule has 1 atom stereocenters. The second-order valence-electron chi connectivity index (χ2n) is 7.14. The van der Waals surface area contributed by atoms with Crippen molar-refractivity contribution in [2.45, 2.75) is 18.1 Å². The predicted octanol–water partition coefficient (Wildman–Crippen LogP) is 2.13. The summed E-state index contributed by atoms with van der Waals surface area (Å²) in [4.78, 5) is 44.4. The molecule has 0 saturated carbocycles. The first-order valence-electron chi connectivity index (χ1n) is 9.71. The normalized spacial score (nSPS) is 15.8. The number of para-hydroxylation sites is 1. The third-order valence-corrected chi connectivity index (χ3v) is 5.84. The van der Waals surface area contributed by atoms with Gasteiger partial charge in [0.1, 0.15) is 0 Å². The van der Waals surface area contributed by atoms with Gasteiger partial charge in [0.2, 0.25) is 11.8 Å². The molecule has 1 aliphatic rings. The predicted molar refractivity (Wildman–Crippen MR) is 117 cm³/mol. The molecular formula is C22H19N5O3S. The Morgan fingerprint density at radius 2 is 1.90 bits per heavy atom. The summed E-state index contributed by atoms with van der Waals surface area (Å²) in [5.41, 5.74) is 3.67. The SMILES string of the molecule is N#CCSc1nc2ccccc2c(=O)n1NC(=O)C1CC(=O)N(Cc2ccccc2)C1. The van der Waals surface area contributed by atoms with E-state index in [4.69, 9.17) is 5.26 Å². The van der Waals surface area contributed by atoms with Crippen LogP contribution in [0.15, 0.2) is 64.5 Å². The van der Waals surface area contributed by atoms with E-state index in [1.54, 1.807) is 29.2 Å². The van der Waals surface area contributed by atoms with Crippen molar-refractivity contribution in [1.82, 2.24) is 14.6 Å². The molecule has 2 amide bonds. The van der Waals surface area contributed by atoms with Crippen molar-refractivity contribution in [3.05, 3.63) is 70.5 Å². The number of thioether (sulfide) groups is 1. The van der Waals surface area contributed by atoms with Crippen LogP contribution in [0.4, 0.5) is 0 Å². The number of rotatable bonds is 6. The highest BCUT2D eigenvalue weighted by molar-refractivity contribution is 7.99. The Balaban J connectivity index is 1.55. The minimum Gasteiger partial charge on any atom is -0.338 e. The maximum Gasteiger partial charge on any atom is 0.281 e. The van der Waals surface area contributed by atoms with Gasteiger partial charge in [-0.2, -0.15) is 9.94 Å². The summed E-state index contributed by atoms with van der Waals surface area (Å²) in [5.74, 6) is -1.04. The molecule has 1 aliphatic heterocycles. The van der Waals surface area contributed by atoms with Crippen LogP contribution in [-0.2, 0) is 16.1 Å². The number of benzene rings is 2. The molecule has 9 heteroatoms. The number of nitrogens with one attached hydrogen (secondary N) is 1. The summed E-state index contributed by atoms with van der Waals surface area (Å²) in [6.45, 7) is 0.709. The zero-order valence-corrected chi connectivity index (χ0v) is 17.3. The van der Waals surface area contributed by atoms with E-state index in [-0.39, 0.29) is 29.8 Å². The van der Waals surface area contributed by atoms with E-state index in [1.165, 1.54) is 0 Å². The van der Waals surface area contributed by atoms with Gasteiger partial charge in [-0.3, -0.25) is 19.8 Å². The number of fused-ring (bicyclic) bond motifs is 1. The molecule has 0 aliphatic carbocycles. The second kappa shape index (κ2) is 9.02. The average Bonchev–Trinajstić information content (AvgIpc) is 3.15. The van der Waals surface area contributed by atoms with E-state index < -0.39 is 17.4 Å². The summed E-state index contributed by atoms with van der Waals surface area (Å²) in [5, 5.41) is 9.50. The summed E-state index contributed by atoms with van der Waals surface area (Å²) in [6, 6.07) is 18.4. The third-order valence-electron chi connectivity index (χ3n) is 5.03. The summed E-state index contributed by atoms with van der Waals surface area (Å²) in [6.07, 6.45) is 0.0785. The molecule has 2 aromatic carbocycles. The monoisotopic (exact) mass is 433 g/mol. The molecule has 1 unspecified atom stereocenters. The van der Waals surface area contributed by atoms with Crippen LogP contribution in [0.2, 0.25) is 0 Å². The minimum atomic E-state index is -0.580. The van der Waals surface area contributed by atoms with Gasteiger partial charge in [0, 0.05) is 19.5 Å². The molecule has 4 rings (SSSR count). The highest BCUT2D eigenvalue weighted by Crippen LogP contribution is 2.22. The van der Waals surface area contributed by atoms with Crippen LogP contribution >= 0.6 is 11.8 Å². The van der Waals surface area contributed by atoms with Gasteiger partial charge >= 0.3 is 0 Å². The van der Waals surface area contributed by atoms with Crippen molar-refractivity contribution in [3.8, 4) is 6.07 Å². The van der Waals surface area contributed by atoms with E-state index in [9.17, 15) is 14.4 Å². The van der Waals surface area contributed by atoms with Gasteiger partial charge in [-0.05, 0) is 17.7 Å². The standard InChI is InChI=1S/C22H19N5O3S/c23-10-11-31-22-24-18-9-5-4-8-17(18)21(30)27(22)25-20(29)16-12-19(28)26(14-16)13-15-6-2-1-3-7-15/h1-9,16H,11-14H2,(H,25,29). The number of hydrogen-bond donors (Lipinski definition) is 1. The van der Waals surface area contributed by atoms with Gasteiger partial charge in [0.05, 0.1) is 28.6 Å². The minimum absolute atomic E-state index is 0.0768. The van der Waals surface area contributed by atoms with Crippen LogP contribution in [0.3, 0.4) is 0 Å². The van der Waals surface area contributed by atoms with Crippen molar-refractivity contribution in [2.75, 3.05) is 17.7 Å². The lowest BCUT2D eigenvalue weighted by molar-refractivity contribution is -0.128. The number of nitrogens with zero attached hydrogens (tertiary/aromatic N) is 4. The molecule has 1 fully saturated rings. The van der Waals surface area contributed by atoms with Gasteiger partial charge in [0.25, 0.3) is 5.56 Å². The first-order chi connectivity index (χ1) is 15.1. The molecule has 2 heterocycles. The Morgan fingerprint density at radius 3 is 2.68 bits per heavy atom. The fraction of sp³-hybridized carbons (Fsp3) is 0.227. The smallest absolute Gasteiger partial charge is 0.281 e. The molecule has 1 N–H and O–H groups in total. The number of nitriles is 1. The van der Waals surface area contributed by atoms with Crippen molar-refractivity contribution in [3.63, 3.8) is 0 Å². The van der Waals surface area contributed by atoms with Crippen LogP contribution in [0.1, 0.15) is 12.0 Å². The topological polar surface area (TPSA) is 108 Å². The van der Waals surface area contributed by atoms with Crippen molar-refractivity contribution in [1.29, 1.82) is 5.26 Å². The first-order valence-corrected chi connectivity index (χ1v) is 10.7. The van der Waals surface area contributed by atoms with Crippen molar-refractivity contribution >= 4 is 34.5 Å². The number of carbonyl (C=O) groups excluding carboxylic acids is 2. The molecule has 156 valence electrons. The van der Waals surface area contributed by atoms with Gasteiger partial charge in [-0.1, -0.05) is 54.2 Å². The zero-order valence-electron chi connectivity index (χ0n) is 16.5. The molecule has 31 heavy (non-hydrogen) atoms. The van der Waals surface area contributed by atoms with Gasteiger partial charge in [-0.25, -0.2) is 4.98 Å². The van der Waals surface area contributed by atoms with E-state index in [0.717, 1.165) is 22.0 Å². The number of amides is 2. The maximum absolute atomic E-state index is 13.0. The highest BCUT2D eigenvalue weighted by Gasteiger charge is 2.34. The van der Waals surface area contributed by atoms with Crippen LogP contribution < -0.4 is 11.0 Å². The van der Waals surface area contributed by atoms with Crippen molar-refractivity contribution < 1.29 is 9.59 Å². The molecule has 0 radical (unpaired) electrons. The third kappa shape index (κ3) is 4.44. The largest absolute Gasteiger partial charge is 0.338 e. The molecule has 1 saturated heterocycles. The van der Waals surface area contributed by atoms with Crippen LogP contribution in [-0.4, -0.2) is 38.7 Å². The fourth-order valence-corrected chi connectivity index (χ4v) is 4.12. The quantitative estimate of drug-likeness (QED) is 0.471. The molecule has 8 nitrogen and oxygen atoms in total. The molecular weight excluding hydrogens is 414 g/mol. The fourth-order valence-electron chi connectivity index (χ4n) is 3.51. The van der Waals surface area contributed by atoms with Crippen LogP contribution in [0.5, 0.6) is 0 Å². The number of aromatic nitrogens is 2. The number of hydrogen-bond acceptors (Lipinski definition) is 6. The Bertz CT molecular complexity index is 1240. The Hall–Kier alpha value is -3.64. The van der Waals surface area contributed by atoms with Crippen LogP contribution in [0.25, 0.3) is 10.9 Å². The van der Waals surface area contributed by atoms with E-state index in [2.05, 4.69) is 10.4 Å². The van der Waals surface area contributed by atoms with E-state index in [0.29, 0.717) is 17.4 Å². The average molecular weight is 433 g/mol. The van der Waals surface area contributed by atoms with Gasteiger partial charge in [0.15, 0.2) is 5.16 Å². The molecule has 3 aromatic rings. The summed E-state index contributed by atoms with van der Waals surface area (Å²) < 4.78 is 1.08. The van der Waals surface area contributed by atoms with Crippen molar-refractivity contribution in [2.24, 2.45) is 5.92 Å². The lowest BCUT2D eigenvalue weighted by atomic mass is 10.1. The summed E-state index contributed by atoms with van der Waals surface area (Å²) >= 11 is 1.06. The zero-order chi connectivity index (χ0) is 21.8. The highest BCUT2D eigenvalue weighted by atomic mass is 32.2. The first kappa shape index (κ1) is 20.6. The number of carbonyl (C=O) groups is 2. The van der Waals surface area contributed by atoms with E-state index >= 15 is 0 Å².